The Labute approximate surface area is 129 Å². The second kappa shape index (κ2) is 6.51. The predicted molar refractivity (Wildman–Crippen MR) is 83.5 cm³/mol. The molecule has 6 nitrogen and oxygen atoms in total. The molecule has 0 unspecified atom stereocenters. The van der Waals surface area contributed by atoms with Crippen LogP contribution >= 0.6 is 0 Å². The van der Waals surface area contributed by atoms with E-state index in [0.29, 0.717) is 5.82 Å². The van der Waals surface area contributed by atoms with Crippen LogP contribution in [0.3, 0.4) is 0 Å². The van der Waals surface area contributed by atoms with E-state index in [1.54, 1.807) is 25.5 Å². The minimum Gasteiger partial charge on any atom is -0.336 e. The van der Waals surface area contributed by atoms with E-state index in [1.165, 1.54) is 0 Å². The highest BCUT2D eigenvalue weighted by molar-refractivity contribution is 5.74. The lowest BCUT2D eigenvalue weighted by Gasteiger charge is -2.35. The Morgan fingerprint density at radius 2 is 2.09 bits per heavy atom. The van der Waals surface area contributed by atoms with Gasteiger partial charge in [0.2, 0.25) is 5.91 Å². The molecule has 1 N–H and O–H groups in total. The number of pyridine rings is 1. The van der Waals surface area contributed by atoms with E-state index in [4.69, 9.17) is 0 Å². The number of carbonyl (C=O) groups excluding carboxylic acids is 1. The molecule has 6 heteroatoms. The first kappa shape index (κ1) is 14.4. The van der Waals surface area contributed by atoms with Crippen LogP contribution in [0.1, 0.15) is 37.8 Å². The summed E-state index contributed by atoms with van der Waals surface area (Å²) in [5.74, 6) is 1.51. The highest BCUT2D eigenvalue weighted by atomic mass is 16.2. The SMILES string of the molecule is CC(=O)N1CCCC[C@H]1c1ccc(Nc2cnccn2)nc1. The van der Waals surface area contributed by atoms with Crippen molar-refractivity contribution in [2.75, 3.05) is 11.9 Å². The van der Waals surface area contributed by atoms with Crippen LogP contribution in [0.2, 0.25) is 0 Å². The van der Waals surface area contributed by atoms with Crippen molar-refractivity contribution in [2.45, 2.75) is 32.2 Å². The summed E-state index contributed by atoms with van der Waals surface area (Å²) in [7, 11) is 0. The number of anilines is 2. The lowest BCUT2D eigenvalue weighted by Crippen LogP contribution is -2.36. The molecule has 1 aliphatic rings. The standard InChI is InChI=1S/C16H19N5O/c1-12(22)21-9-3-2-4-14(21)13-5-6-15(19-10-13)20-16-11-17-7-8-18-16/h5-8,10-11,14H,2-4,9H2,1H3,(H,18,19,20)/t14-/m0/s1. The number of rotatable bonds is 3. The van der Waals surface area contributed by atoms with Crippen LogP contribution < -0.4 is 5.32 Å². The van der Waals surface area contributed by atoms with Crippen LogP contribution in [0.4, 0.5) is 11.6 Å². The number of piperidine rings is 1. The van der Waals surface area contributed by atoms with E-state index in [0.717, 1.165) is 37.2 Å². The Balaban J connectivity index is 1.74. The summed E-state index contributed by atoms with van der Waals surface area (Å²) in [6.07, 6.45) is 9.96. The lowest BCUT2D eigenvalue weighted by molar-refractivity contribution is -0.132. The Morgan fingerprint density at radius 1 is 1.18 bits per heavy atom. The first-order chi connectivity index (χ1) is 10.7. The summed E-state index contributed by atoms with van der Waals surface area (Å²) in [6.45, 7) is 2.47. The highest BCUT2D eigenvalue weighted by Gasteiger charge is 2.25. The van der Waals surface area contributed by atoms with Gasteiger partial charge in [0.05, 0.1) is 12.2 Å². The van der Waals surface area contributed by atoms with E-state index in [1.807, 2.05) is 23.2 Å². The zero-order valence-electron chi connectivity index (χ0n) is 12.6. The summed E-state index contributed by atoms with van der Waals surface area (Å²) < 4.78 is 0. The van der Waals surface area contributed by atoms with Crippen molar-refractivity contribution < 1.29 is 4.79 Å². The number of amides is 1. The summed E-state index contributed by atoms with van der Waals surface area (Å²) >= 11 is 0. The van der Waals surface area contributed by atoms with Crippen molar-refractivity contribution in [1.82, 2.24) is 19.9 Å². The fraction of sp³-hybridized carbons (Fsp3) is 0.375. The maximum atomic E-state index is 11.8. The number of likely N-dealkylation sites (tertiary alicyclic amines) is 1. The van der Waals surface area contributed by atoms with Gasteiger partial charge in [-0.25, -0.2) is 9.97 Å². The number of hydrogen-bond donors (Lipinski definition) is 1. The van der Waals surface area contributed by atoms with Gasteiger partial charge in [-0.15, -0.1) is 0 Å². The number of nitrogens with zero attached hydrogens (tertiary/aromatic N) is 4. The molecule has 2 aromatic rings. The monoisotopic (exact) mass is 297 g/mol. The molecule has 114 valence electrons. The van der Waals surface area contributed by atoms with E-state index < -0.39 is 0 Å². The average molecular weight is 297 g/mol. The lowest BCUT2D eigenvalue weighted by atomic mass is 9.96. The normalized spacial score (nSPS) is 18.0. The number of carbonyl (C=O) groups is 1. The maximum Gasteiger partial charge on any atom is 0.219 e. The molecule has 3 rings (SSSR count). The Morgan fingerprint density at radius 3 is 2.77 bits per heavy atom. The molecule has 0 radical (unpaired) electrons. The predicted octanol–water partition coefficient (Wildman–Crippen LogP) is 2.69. The zero-order chi connectivity index (χ0) is 15.4. The summed E-state index contributed by atoms with van der Waals surface area (Å²) in [5, 5.41) is 3.10. The van der Waals surface area contributed by atoms with Crippen molar-refractivity contribution in [1.29, 1.82) is 0 Å². The van der Waals surface area contributed by atoms with Crippen LogP contribution in [-0.4, -0.2) is 32.3 Å². The molecule has 1 fully saturated rings. The quantitative estimate of drug-likeness (QED) is 0.943. The molecular weight excluding hydrogens is 278 g/mol. The molecule has 0 aromatic carbocycles. The number of nitrogens with one attached hydrogen (secondary N) is 1. The molecule has 0 bridgehead atoms. The molecule has 0 spiro atoms. The van der Waals surface area contributed by atoms with Crippen molar-refractivity contribution in [3.63, 3.8) is 0 Å². The summed E-state index contributed by atoms with van der Waals surface area (Å²) in [6, 6.07) is 4.08. The average Bonchev–Trinajstić information content (AvgIpc) is 2.56. The van der Waals surface area contributed by atoms with Gasteiger partial charge < -0.3 is 10.2 Å². The van der Waals surface area contributed by atoms with E-state index >= 15 is 0 Å². The zero-order valence-corrected chi connectivity index (χ0v) is 12.6. The third-order valence-electron chi connectivity index (χ3n) is 3.90. The van der Waals surface area contributed by atoms with Crippen LogP contribution in [0, 0.1) is 0 Å². The molecule has 3 heterocycles. The van der Waals surface area contributed by atoms with Gasteiger partial charge >= 0.3 is 0 Å². The van der Waals surface area contributed by atoms with E-state index in [9.17, 15) is 4.79 Å². The van der Waals surface area contributed by atoms with Gasteiger partial charge in [-0.3, -0.25) is 9.78 Å². The maximum absolute atomic E-state index is 11.8. The van der Waals surface area contributed by atoms with E-state index in [2.05, 4.69) is 20.3 Å². The fourth-order valence-electron chi connectivity index (χ4n) is 2.83. The summed E-state index contributed by atoms with van der Waals surface area (Å²) in [4.78, 5) is 26.3. The van der Waals surface area contributed by atoms with Crippen molar-refractivity contribution in [3.8, 4) is 0 Å². The van der Waals surface area contributed by atoms with Crippen molar-refractivity contribution in [3.05, 3.63) is 42.5 Å². The first-order valence-electron chi connectivity index (χ1n) is 7.50. The van der Waals surface area contributed by atoms with Crippen molar-refractivity contribution in [2.24, 2.45) is 0 Å². The second-order valence-corrected chi connectivity index (χ2v) is 5.42. The third-order valence-corrected chi connectivity index (χ3v) is 3.90. The second-order valence-electron chi connectivity index (χ2n) is 5.42. The fourth-order valence-corrected chi connectivity index (χ4v) is 2.83. The van der Waals surface area contributed by atoms with Crippen LogP contribution in [0.25, 0.3) is 0 Å². The highest BCUT2D eigenvalue weighted by Crippen LogP contribution is 2.31. The molecule has 2 aromatic heterocycles. The third kappa shape index (κ3) is 3.21. The Hall–Kier alpha value is -2.50. The van der Waals surface area contributed by atoms with Gasteiger partial charge in [-0.1, -0.05) is 6.07 Å². The first-order valence-corrected chi connectivity index (χ1v) is 7.50. The van der Waals surface area contributed by atoms with Gasteiger partial charge in [0, 0.05) is 32.1 Å². The molecule has 1 saturated heterocycles. The largest absolute Gasteiger partial charge is 0.336 e. The molecule has 1 amide bonds. The Bertz CT molecular complexity index is 629. The molecule has 0 aliphatic carbocycles. The minimum absolute atomic E-state index is 0.131. The molecule has 22 heavy (non-hydrogen) atoms. The molecule has 0 saturated carbocycles. The molecule has 1 atom stereocenters. The topological polar surface area (TPSA) is 71.0 Å². The number of hydrogen-bond acceptors (Lipinski definition) is 5. The summed E-state index contributed by atoms with van der Waals surface area (Å²) in [5.41, 5.74) is 1.08. The molecular formula is C16H19N5O. The van der Waals surface area contributed by atoms with Crippen LogP contribution in [0.15, 0.2) is 36.9 Å². The molecule has 1 aliphatic heterocycles. The van der Waals surface area contributed by atoms with Crippen LogP contribution in [-0.2, 0) is 4.79 Å². The number of aromatic nitrogens is 3. The Kier molecular flexibility index (Phi) is 4.27. The van der Waals surface area contributed by atoms with Gasteiger partial charge in [0.1, 0.15) is 11.6 Å². The van der Waals surface area contributed by atoms with Crippen LogP contribution in [0.5, 0.6) is 0 Å². The van der Waals surface area contributed by atoms with Gasteiger partial charge in [-0.2, -0.15) is 0 Å². The van der Waals surface area contributed by atoms with Crippen molar-refractivity contribution >= 4 is 17.5 Å². The smallest absolute Gasteiger partial charge is 0.219 e. The van der Waals surface area contributed by atoms with Gasteiger partial charge in [-0.05, 0) is 30.9 Å². The van der Waals surface area contributed by atoms with Gasteiger partial charge in [0.15, 0.2) is 0 Å². The van der Waals surface area contributed by atoms with Gasteiger partial charge in [0.25, 0.3) is 0 Å². The minimum atomic E-state index is 0.131. The van der Waals surface area contributed by atoms with E-state index in [-0.39, 0.29) is 11.9 Å².